The summed E-state index contributed by atoms with van der Waals surface area (Å²) in [6.45, 7) is 1.91. The molecule has 19 heavy (non-hydrogen) atoms. The minimum Gasteiger partial charge on any atom is -0.345 e. The molecule has 2 N–H and O–H groups in total. The van der Waals surface area contributed by atoms with Crippen LogP contribution in [-0.2, 0) is 0 Å². The lowest BCUT2D eigenvalue weighted by molar-refractivity contribution is 0.0939. The smallest absolute Gasteiger partial charge is 0.253 e. The number of hydrogen-bond donors (Lipinski definition) is 2. The topological polar surface area (TPSA) is 62.0 Å². The van der Waals surface area contributed by atoms with Crippen LogP contribution in [0.25, 0.3) is 0 Å². The molecule has 1 aromatic heterocycles. The summed E-state index contributed by atoms with van der Waals surface area (Å²) in [6.07, 6.45) is 1.41. The van der Waals surface area contributed by atoms with Crippen LogP contribution in [-0.4, -0.2) is 10.9 Å². The quantitative estimate of drug-likeness (QED) is 0.913. The number of aromatic nitrogens is 1. The zero-order valence-corrected chi connectivity index (χ0v) is 11.9. The van der Waals surface area contributed by atoms with Crippen LogP contribution in [0.2, 0.25) is 0 Å². The van der Waals surface area contributed by atoms with Gasteiger partial charge in [-0.1, -0.05) is 28.1 Å². The molecule has 4 nitrogen and oxygen atoms in total. The predicted molar refractivity (Wildman–Crippen MR) is 77.1 cm³/mol. The lowest BCUT2D eigenvalue weighted by Gasteiger charge is -2.14. The second-order valence-electron chi connectivity index (χ2n) is 4.19. The SMILES string of the molecule is CC(NC(=O)c1ccc(=O)[nH]c1)c1ccc(Br)cc1. The average molecular weight is 321 g/mol. The van der Waals surface area contributed by atoms with Gasteiger partial charge in [-0.2, -0.15) is 0 Å². The van der Waals surface area contributed by atoms with Crippen molar-refractivity contribution in [3.63, 3.8) is 0 Å². The Morgan fingerprint density at radius 1 is 1.21 bits per heavy atom. The van der Waals surface area contributed by atoms with Crippen LogP contribution in [0.5, 0.6) is 0 Å². The Hall–Kier alpha value is -1.88. The molecule has 0 radical (unpaired) electrons. The van der Waals surface area contributed by atoms with Crippen molar-refractivity contribution < 1.29 is 4.79 Å². The van der Waals surface area contributed by atoms with Crippen LogP contribution >= 0.6 is 15.9 Å². The first-order valence-corrected chi connectivity index (χ1v) is 6.60. The molecule has 1 unspecified atom stereocenters. The molecule has 2 aromatic rings. The zero-order chi connectivity index (χ0) is 13.8. The summed E-state index contributed by atoms with van der Waals surface area (Å²) in [6, 6.07) is 10.5. The first-order valence-electron chi connectivity index (χ1n) is 5.81. The predicted octanol–water partition coefficient (Wildman–Crippen LogP) is 2.63. The highest BCUT2D eigenvalue weighted by atomic mass is 79.9. The van der Waals surface area contributed by atoms with Crippen LogP contribution in [0.4, 0.5) is 0 Å². The van der Waals surface area contributed by atoms with Crippen molar-refractivity contribution in [1.29, 1.82) is 0 Å². The van der Waals surface area contributed by atoms with E-state index in [1.165, 1.54) is 18.3 Å². The number of amides is 1. The zero-order valence-electron chi connectivity index (χ0n) is 10.3. The number of benzene rings is 1. The number of aromatic amines is 1. The maximum absolute atomic E-state index is 12.0. The van der Waals surface area contributed by atoms with Crippen molar-refractivity contribution >= 4 is 21.8 Å². The number of rotatable bonds is 3. The van der Waals surface area contributed by atoms with E-state index >= 15 is 0 Å². The highest BCUT2D eigenvalue weighted by Gasteiger charge is 2.11. The minimum atomic E-state index is -0.225. The normalized spacial score (nSPS) is 11.9. The molecule has 0 saturated heterocycles. The van der Waals surface area contributed by atoms with Gasteiger partial charge < -0.3 is 10.3 Å². The lowest BCUT2D eigenvalue weighted by Crippen LogP contribution is -2.27. The summed E-state index contributed by atoms with van der Waals surface area (Å²) in [5.74, 6) is -0.216. The Balaban J connectivity index is 2.08. The van der Waals surface area contributed by atoms with Gasteiger partial charge in [-0.05, 0) is 30.7 Å². The standard InChI is InChI=1S/C14H13BrN2O2/c1-9(10-2-5-12(15)6-3-10)17-14(19)11-4-7-13(18)16-8-11/h2-9H,1H3,(H,16,18)(H,17,19). The van der Waals surface area contributed by atoms with Crippen molar-refractivity contribution in [2.24, 2.45) is 0 Å². The molecule has 2 rings (SSSR count). The van der Waals surface area contributed by atoms with Crippen LogP contribution in [0.15, 0.2) is 51.9 Å². The molecule has 1 amide bonds. The Labute approximate surface area is 119 Å². The fraction of sp³-hybridized carbons (Fsp3) is 0.143. The number of H-pyrrole nitrogens is 1. The van der Waals surface area contributed by atoms with Crippen LogP contribution in [0, 0.1) is 0 Å². The fourth-order valence-electron chi connectivity index (χ4n) is 1.67. The molecule has 98 valence electrons. The van der Waals surface area contributed by atoms with Gasteiger partial charge >= 0.3 is 0 Å². The number of hydrogen-bond acceptors (Lipinski definition) is 2. The Morgan fingerprint density at radius 2 is 1.89 bits per heavy atom. The lowest BCUT2D eigenvalue weighted by atomic mass is 10.1. The molecule has 0 bridgehead atoms. The number of nitrogens with one attached hydrogen (secondary N) is 2. The van der Waals surface area contributed by atoms with E-state index in [9.17, 15) is 9.59 Å². The molecular formula is C14H13BrN2O2. The monoisotopic (exact) mass is 320 g/mol. The van der Waals surface area contributed by atoms with Gasteiger partial charge in [0.05, 0.1) is 11.6 Å². The van der Waals surface area contributed by atoms with Crippen molar-refractivity contribution in [1.82, 2.24) is 10.3 Å². The molecule has 0 aliphatic carbocycles. The molecule has 1 atom stereocenters. The maximum atomic E-state index is 12.0. The van der Waals surface area contributed by atoms with E-state index in [2.05, 4.69) is 26.2 Å². The van der Waals surface area contributed by atoms with Crippen molar-refractivity contribution in [3.8, 4) is 0 Å². The van der Waals surface area contributed by atoms with Crippen LogP contribution in [0.3, 0.4) is 0 Å². The molecule has 0 saturated carbocycles. The molecule has 1 heterocycles. The van der Waals surface area contributed by atoms with Gasteiger partial charge in [0, 0.05) is 16.7 Å². The van der Waals surface area contributed by atoms with Crippen molar-refractivity contribution in [2.45, 2.75) is 13.0 Å². The third-order valence-corrected chi connectivity index (χ3v) is 3.29. The van der Waals surface area contributed by atoms with E-state index in [4.69, 9.17) is 0 Å². The second-order valence-corrected chi connectivity index (χ2v) is 5.10. The maximum Gasteiger partial charge on any atom is 0.253 e. The highest BCUT2D eigenvalue weighted by Crippen LogP contribution is 2.16. The average Bonchev–Trinajstić information content (AvgIpc) is 2.40. The number of carbonyl (C=O) groups is 1. The summed E-state index contributed by atoms with van der Waals surface area (Å²) in [7, 11) is 0. The summed E-state index contributed by atoms with van der Waals surface area (Å²) in [5.41, 5.74) is 1.22. The van der Waals surface area contributed by atoms with E-state index < -0.39 is 0 Å². The molecular weight excluding hydrogens is 308 g/mol. The molecule has 0 fully saturated rings. The number of pyridine rings is 1. The van der Waals surface area contributed by atoms with E-state index in [0.717, 1.165) is 10.0 Å². The first kappa shape index (κ1) is 13.5. The van der Waals surface area contributed by atoms with Crippen molar-refractivity contribution in [2.75, 3.05) is 0 Å². The Bertz CT molecular complexity index is 614. The van der Waals surface area contributed by atoms with Gasteiger partial charge in [0.25, 0.3) is 5.91 Å². The second kappa shape index (κ2) is 5.84. The molecule has 5 heteroatoms. The number of halogens is 1. The van der Waals surface area contributed by atoms with Gasteiger partial charge in [0.1, 0.15) is 0 Å². The number of carbonyl (C=O) groups excluding carboxylic acids is 1. The van der Waals surface area contributed by atoms with E-state index in [1.54, 1.807) is 0 Å². The first-order chi connectivity index (χ1) is 9.06. The third kappa shape index (κ3) is 3.54. The molecule has 1 aromatic carbocycles. The summed E-state index contributed by atoms with van der Waals surface area (Å²) in [4.78, 5) is 25.4. The molecule has 0 aliphatic heterocycles. The van der Waals surface area contributed by atoms with E-state index in [-0.39, 0.29) is 17.5 Å². The fourth-order valence-corrected chi connectivity index (χ4v) is 1.93. The van der Waals surface area contributed by atoms with Crippen molar-refractivity contribution in [3.05, 3.63) is 68.5 Å². The van der Waals surface area contributed by atoms with Crippen LogP contribution in [0.1, 0.15) is 28.9 Å². The molecule has 0 aliphatic rings. The van der Waals surface area contributed by atoms with Gasteiger partial charge in [-0.15, -0.1) is 0 Å². The largest absolute Gasteiger partial charge is 0.345 e. The Kier molecular flexibility index (Phi) is 4.16. The van der Waals surface area contributed by atoms with Crippen LogP contribution < -0.4 is 10.9 Å². The summed E-state index contributed by atoms with van der Waals surface area (Å²) < 4.78 is 0.996. The van der Waals surface area contributed by atoms with E-state index in [0.29, 0.717) is 5.56 Å². The van der Waals surface area contributed by atoms with Gasteiger partial charge in [-0.3, -0.25) is 9.59 Å². The summed E-state index contributed by atoms with van der Waals surface area (Å²) in [5, 5.41) is 2.88. The minimum absolute atomic E-state index is 0.104. The highest BCUT2D eigenvalue weighted by molar-refractivity contribution is 9.10. The molecule has 0 spiro atoms. The van der Waals surface area contributed by atoms with Gasteiger partial charge in [0.2, 0.25) is 5.56 Å². The van der Waals surface area contributed by atoms with Gasteiger partial charge in [-0.25, -0.2) is 0 Å². The summed E-state index contributed by atoms with van der Waals surface area (Å²) >= 11 is 3.37. The Morgan fingerprint density at radius 3 is 2.47 bits per heavy atom. The third-order valence-electron chi connectivity index (χ3n) is 2.76. The van der Waals surface area contributed by atoms with E-state index in [1.807, 2.05) is 31.2 Å². The van der Waals surface area contributed by atoms with Gasteiger partial charge in [0.15, 0.2) is 0 Å².